The van der Waals surface area contributed by atoms with Gasteiger partial charge in [0.2, 0.25) is 11.7 Å². The van der Waals surface area contributed by atoms with Crippen LogP contribution < -0.4 is 9.47 Å². The number of aromatic nitrogens is 2. The third-order valence-electron chi connectivity index (χ3n) is 5.82. The Kier molecular flexibility index (Phi) is 6.41. The fraction of sp³-hybridized carbons (Fsp3) is 0.375. The largest absolute Gasteiger partial charge is 0.493 e. The second-order valence-corrected chi connectivity index (χ2v) is 7.80. The molecule has 32 heavy (non-hydrogen) atoms. The maximum absolute atomic E-state index is 12.2. The van der Waals surface area contributed by atoms with E-state index >= 15 is 0 Å². The van der Waals surface area contributed by atoms with Gasteiger partial charge >= 0.3 is 5.97 Å². The molecule has 168 valence electrons. The number of hydrogen-bond donors (Lipinski definition) is 0. The summed E-state index contributed by atoms with van der Waals surface area (Å²) < 4.78 is 21.5. The highest BCUT2D eigenvalue weighted by molar-refractivity contribution is 5.70. The van der Waals surface area contributed by atoms with E-state index < -0.39 is 0 Å². The minimum atomic E-state index is -0.284. The zero-order valence-electron chi connectivity index (χ0n) is 18.8. The number of hydrogen-bond acceptors (Lipinski definition) is 8. The molecule has 0 aliphatic carbocycles. The number of esters is 1. The predicted molar refractivity (Wildman–Crippen MR) is 118 cm³/mol. The molecule has 1 aliphatic heterocycles. The first kappa shape index (κ1) is 21.8. The monoisotopic (exact) mass is 437 g/mol. The summed E-state index contributed by atoms with van der Waals surface area (Å²) in [5.41, 5.74) is 4.20. The average Bonchev–Trinajstić information content (AvgIpc) is 3.28. The van der Waals surface area contributed by atoms with Crippen molar-refractivity contribution in [2.45, 2.75) is 32.4 Å². The lowest BCUT2D eigenvalue weighted by Crippen LogP contribution is -2.36. The van der Waals surface area contributed by atoms with Gasteiger partial charge in [0.25, 0.3) is 0 Å². The Labute approximate surface area is 187 Å². The maximum Gasteiger partial charge on any atom is 0.307 e. The van der Waals surface area contributed by atoms with Gasteiger partial charge in [0, 0.05) is 18.2 Å². The number of rotatable bonds is 7. The minimum Gasteiger partial charge on any atom is -0.493 e. The molecule has 0 bridgehead atoms. The number of carbonyl (C=O) groups is 1. The fourth-order valence-corrected chi connectivity index (χ4v) is 4.06. The highest BCUT2D eigenvalue weighted by Gasteiger charge is 2.32. The Morgan fingerprint density at radius 2 is 1.84 bits per heavy atom. The smallest absolute Gasteiger partial charge is 0.307 e. The molecule has 2 aromatic carbocycles. The Balaban J connectivity index is 1.62. The summed E-state index contributed by atoms with van der Waals surface area (Å²) in [6.07, 6.45) is 1.00. The van der Waals surface area contributed by atoms with Crippen LogP contribution in [0.15, 0.2) is 40.9 Å². The van der Waals surface area contributed by atoms with Crippen LogP contribution in [0.1, 0.15) is 35.0 Å². The van der Waals surface area contributed by atoms with E-state index in [1.807, 2.05) is 43.3 Å². The van der Waals surface area contributed by atoms with E-state index in [4.69, 9.17) is 18.7 Å². The number of carbonyl (C=O) groups excluding carboxylic acids is 1. The molecule has 0 saturated carbocycles. The van der Waals surface area contributed by atoms with E-state index in [1.54, 1.807) is 14.2 Å². The standard InChI is InChI=1S/C24H27N3O5/c1-15-5-7-16(8-6-15)24-25-22(32-26-24)14-27-10-9-17-11-20(29-2)21(30-3)12-18(17)19(27)13-23(28)31-4/h5-8,11-12,19H,9-10,13-14H2,1-4H3. The number of ether oxygens (including phenoxy) is 3. The van der Waals surface area contributed by atoms with E-state index in [0.29, 0.717) is 29.8 Å². The highest BCUT2D eigenvalue weighted by atomic mass is 16.5. The van der Waals surface area contributed by atoms with Crippen molar-refractivity contribution in [3.8, 4) is 22.9 Å². The van der Waals surface area contributed by atoms with Crippen LogP contribution in [0.5, 0.6) is 11.5 Å². The fourth-order valence-electron chi connectivity index (χ4n) is 4.06. The Morgan fingerprint density at radius 1 is 1.12 bits per heavy atom. The summed E-state index contributed by atoms with van der Waals surface area (Å²) in [7, 11) is 4.62. The Morgan fingerprint density at radius 3 is 2.53 bits per heavy atom. The number of methoxy groups -OCH3 is 3. The summed E-state index contributed by atoms with van der Waals surface area (Å²) in [4.78, 5) is 19.0. The van der Waals surface area contributed by atoms with Crippen molar-refractivity contribution in [2.75, 3.05) is 27.9 Å². The van der Waals surface area contributed by atoms with Crippen LogP contribution >= 0.6 is 0 Å². The van der Waals surface area contributed by atoms with Crippen molar-refractivity contribution in [1.29, 1.82) is 0 Å². The molecule has 2 heterocycles. The van der Waals surface area contributed by atoms with Crippen molar-refractivity contribution in [3.63, 3.8) is 0 Å². The van der Waals surface area contributed by atoms with Gasteiger partial charge in [-0.2, -0.15) is 4.98 Å². The van der Waals surface area contributed by atoms with Crippen molar-refractivity contribution in [2.24, 2.45) is 0 Å². The second-order valence-electron chi connectivity index (χ2n) is 7.80. The van der Waals surface area contributed by atoms with Crippen molar-refractivity contribution in [3.05, 3.63) is 59.0 Å². The third kappa shape index (κ3) is 4.45. The van der Waals surface area contributed by atoms with Crippen LogP contribution in [-0.2, 0) is 22.5 Å². The number of fused-ring (bicyclic) bond motifs is 1. The number of aryl methyl sites for hydroxylation is 1. The predicted octanol–water partition coefficient (Wildman–Crippen LogP) is 3.72. The van der Waals surface area contributed by atoms with E-state index in [0.717, 1.165) is 29.7 Å². The molecule has 1 atom stereocenters. The first-order valence-electron chi connectivity index (χ1n) is 10.5. The molecule has 0 saturated heterocycles. The Bertz CT molecular complexity index is 1090. The van der Waals surface area contributed by atoms with Crippen molar-refractivity contribution >= 4 is 5.97 Å². The first-order valence-corrected chi connectivity index (χ1v) is 10.5. The maximum atomic E-state index is 12.2. The third-order valence-corrected chi connectivity index (χ3v) is 5.82. The molecule has 8 nitrogen and oxygen atoms in total. The molecular formula is C24H27N3O5. The molecule has 0 radical (unpaired) electrons. The lowest BCUT2D eigenvalue weighted by Gasteiger charge is -2.36. The van der Waals surface area contributed by atoms with Crippen LogP contribution in [0.3, 0.4) is 0 Å². The molecule has 0 amide bonds. The van der Waals surface area contributed by atoms with E-state index in [1.165, 1.54) is 12.7 Å². The second kappa shape index (κ2) is 9.40. The number of nitrogens with zero attached hydrogens (tertiary/aromatic N) is 3. The van der Waals surface area contributed by atoms with Gasteiger partial charge in [-0.05, 0) is 36.6 Å². The summed E-state index contributed by atoms with van der Waals surface area (Å²) in [5, 5.41) is 4.14. The molecule has 0 fully saturated rings. The molecule has 1 unspecified atom stereocenters. The molecule has 8 heteroatoms. The van der Waals surface area contributed by atoms with Crippen LogP contribution in [0.4, 0.5) is 0 Å². The van der Waals surface area contributed by atoms with Crippen molar-refractivity contribution < 1.29 is 23.5 Å². The molecule has 1 aromatic heterocycles. The summed E-state index contributed by atoms with van der Waals surface area (Å²) in [5.74, 6) is 2.07. The van der Waals surface area contributed by atoms with Crippen LogP contribution in [0.25, 0.3) is 11.4 Å². The molecule has 0 N–H and O–H groups in total. The number of benzene rings is 2. The SMILES string of the molecule is COC(=O)CC1c2cc(OC)c(OC)cc2CCN1Cc1nc(-c2ccc(C)cc2)no1. The van der Waals surface area contributed by atoms with E-state index in [2.05, 4.69) is 15.0 Å². The zero-order chi connectivity index (χ0) is 22.7. The van der Waals surface area contributed by atoms with Gasteiger partial charge in [-0.1, -0.05) is 35.0 Å². The quantitative estimate of drug-likeness (QED) is 0.517. The summed E-state index contributed by atoms with van der Waals surface area (Å²) in [6, 6.07) is 11.7. The van der Waals surface area contributed by atoms with Crippen molar-refractivity contribution in [1.82, 2.24) is 15.0 Å². The van der Waals surface area contributed by atoms with Crippen LogP contribution in [0.2, 0.25) is 0 Å². The normalized spacial score (nSPS) is 15.8. The molecule has 0 spiro atoms. The van der Waals surface area contributed by atoms with Crippen LogP contribution in [0, 0.1) is 6.92 Å². The lowest BCUT2D eigenvalue weighted by atomic mass is 9.90. The van der Waals surface area contributed by atoms with Gasteiger partial charge in [-0.3, -0.25) is 9.69 Å². The summed E-state index contributed by atoms with van der Waals surface area (Å²) >= 11 is 0. The molecule has 4 rings (SSSR count). The highest BCUT2D eigenvalue weighted by Crippen LogP contribution is 2.40. The zero-order valence-corrected chi connectivity index (χ0v) is 18.8. The van der Waals surface area contributed by atoms with Crippen LogP contribution in [-0.4, -0.2) is 48.9 Å². The minimum absolute atomic E-state index is 0.206. The van der Waals surface area contributed by atoms with Gasteiger partial charge < -0.3 is 18.7 Å². The van der Waals surface area contributed by atoms with Gasteiger partial charge in [-0.15, -0.1) is 0 Å². The van der Waals surface area contributed by atoms with Gasteiger partial charge in [-0.25, -0.2) is 0 Å². The van der Waals surface area contributed by atoms with Gasteiger partial charge in [0.1, 0.15) is 0 Å². The molecule has 3 aromatic rings. The van der Waals surface area contributed by atoms with E-state index in [9.17, 15) is 4.79 Å². The molecular weight excluding hydrogens is 410 g/mol. The first-order chi connectivity index (χ1) is 15.5. The molecule has 1 aliphatic rings. The van der Waals surface area contributed by atoms with Gasteiger partial charge in [0.05, 0.1) is 34.3 Å². The summed E-state index contributed by atoms with van der Waals surface area (Å²) in [6.45, 7) is 3.19. The Hall–Kier alpha value is -3.39. The lowest BCUT2D eigenvalue weighted by molar-refractivity contribution is -0.142. The van der Waals surface area contributed by atoms with Gasteiger partial charge in [0.15, 0.2) is 11.5 Å². The topological polar surface area (TPSA) is 86.9 Å². The average molecular weight is 437 g/mol. The van der Waals surface area contributed by atoms with E-state index in [-0.39, 0.29) is 18.4 Å².